The quantitative estimate of drug-likeness (QED) is 0.0261. The van der Waals surface area contributed by atoms with Crippen LogP contribution in [0.4, 0.5) is 0 Å². The highest BCUT2D eigenvalue weighted by atomic mass is 16.6. The summed E-state index contributed by atoms with van der Waals surface area (Å²) in [6.45, 7) is 6.51. The zero-order chi connectivity index (χ0) is 58.5. The van der Waals surface area contributed by atoms with Crippen molar-refractivity contribution < 1.29 is 28.6 Å². The molecule has 0 radical (unpaired) electrons. The van der Waals surface area contributed by atoms with Crippen LogP contribution in [0.2, 0.25) is 0 Å². The molecule has 470 valence electrons. The molecule has 6 heteroatoms. The van der Waals surface area contributed by atoms with E-state index in [-0.39, 0.29) is 37.5 Å². The summed E-state index contributed by atoms with van der Waals surface area (Å²) in [5, 5.41) is 0. The normalized spacial score (nSPS) is 12.5. The lowest BCUT2D eigenvalue weighted by molar-refractivity contribution is -0.167. The Morgan fingerprint density at radius 1 is 0.259 bits per heavy atom. The molecule has 0 aliphatic rings. The van der Waals surface area contributed by atoms with Crippen molar-refractivity contribution >= 4 is 17.9 Å². The molecule has 0 rings (SSSR count). The second-order valence-electron chi connectivity index (χ2n) is 23.8. The van der Waals surface area contributed by atoms with Gasteiger partial charge < -0.3 is 14.2 Å². The first-order valence-electron chi connectivity index (χ1n) is 35.4. The third-order valence-electron chi connectivity index (χ3n) is 15.7. The first-order chi connectivity index (χ1) is 40.0. The van der Waals surface area contributed by atoms with Gasteiger partial charge in [-0.2, -0.15) is 0 Å². The average molecular weight is 1130 g/mol. The van der Waals surface area contributed by atoms with Crippen molar-refractivity contribution in [3.05, 3.63) is 72.9 Å². The highest BCUT2D eigenvalue weighted by molar-refractivity contribution is 5.71. The number of esters is 3. The molecule has 0 saturated heterocycles. The van der Waals surface area contributed by atoms with Gasteiger partial charge in [-0.05, 0) is 83.5 Å². The number of hydrogen-bond donors (Lipinski definition) is 0. The van der Waals surface area contributed by atoms with E-state index >= 15 is 0 Å². The molecule has 0 aromatic rings. The molecule has 6 nitrogen and oxygen atoms in total. The fraction of sp³-hybridized carbons (Fsp3) is 0.800. The number of unbranched alkanes of at least 4 members (excludes halogenated alkanes) is 42. The van der Waals surface area contributed by atoms with Crippen LogP contribution in [0, 0.1) is 0 Å². The monoisotopic (exact) mass is 1130 g/mol. The van der Waals surface area contributed by atoms with E-state index in [1.165, 1.54) is 244 Å². The number of rotatable bonds is 65. The van der Waals surface area contributed by atoms with Crippen molar-refractivity contribution in [2.45, 2.75) is 374 Å². The Labute approximate surface area is 503 Å². The Morgan fingerprint density at radius 3 is 0.802 bits per heavy atom. The van der Waals surface area contributed by atoms with Gasteiger partial charge in [0.2, 0.25) is 0 Å². The molecular weight excluding hydrogens is 997 g/mol. The van der Waals surface area contributed by atoms with Gasteiger partial charge in [0.25, 0.3) is 0 Å². The van der Waals surface area contributed by atoms with Gasteiger partial charge in [0.05, 0.1) is 0 Å². The summed E-state index contributed by atoms with van der Waals surface area (Å²) < 4.78 is 16.9. The molecule has 1 unspecified atom stereocenters. The summed E-state index contributed by atoms with van der Waals surface area (Å²) in [5.41, 5.74) is 0. The van der Waals surface area contributed by atoms with Gasteiger partial charge in [0, 0.05) is 19.3 Å². The van der Waals surface area contributed by atoms with Crippen molar-refractivity contribution in [2.75, 3.05) is 13.2 Å². The third-order valence-corrected chi connectivity index (χ3v) is 15.7. The van der Waals surface area contributed by atoms with Crippen molar-refractivity contribution in [3.8, 4) is 0 Å². The van der Waals surface area contributed by atoms with E-state index in [9.17, 15) is 14.4 Å². The molecule has 0 bridgehead atoms. The van der Waals surface area contributed by atoms with Gasteiger partial charge >= 0.3 is 17.9 Å². The van der Waals surface area contributed by atoms with Crippen molar-refractivity contribution in [1.29, 1.82) is 0 Å². The fourth-order valence-corrected chi connectivity index (χ4v) is 10.4. The lowest BCUT2D eigenvalue weighted by atomic mass is 10.0. The maximum Gasteiger partial charge on any atom is 0.306 e. The number of ether oxygens (including phenoxy) is 3. The summed E-state index contributed by atoms with van der Waals surface area (Å²) in [4.78, 5) is 38.2. The van der Waals surface area contributed by atoms with Gasteiger partial charge in [0.15, 0.2) is 6.10 Å². The summed E-state index contributed by atoms with van der Waals surface area (Å²) in [7, 11) is 0. The second-order valence-corrected chi connectivity index (χ2v) is 23.8. The topological polar surface area (TPSA) is 78.9 Å². The molecule has 0 aromatic heterocycles. The predicted octanol–water partition coefficient (Wildman–Crippen LogP) is 24.4. The second kappa shape index (κ2) is 69.3. The summed E-state index contributed by atoms with van der Waals surface area (Å²) >= 11 is 0. The highest BCUT2D eigenvalue weighted by Crippen LogP contribution is 2.18. The van der Waals surface area contributed by atoms with Crippen LogP contribution >= 0.6 is 0 Å². The molecular formula is C75H134O6. The number of carbonyl (C=O) groups is 3. The van der Waals surface area contributed by atoms with Crippen molar-refractivity contribution in [3.63, 3.8) is 0 Å². The van der Waals surface area contributed by atoms with Crippen LogP contribution in [0.15, 0.2) is 72.9 Å². The number of hydrogen-bond acceptors (Lipinski definition) is 6. The van der Waals surface area contributed by atoms with E-state index in [1.54, 1.807) is 0 Å². The SMILES string of the molecule is CC/C=C\C/C=C\C/C=C\C/C=C\C/C=C\CCCC(=O)OC(COC(=O)CCCCCCCCCCCCC)COC(=O)CCCCCCCCCCCCCCCCCCCCCCCCC/C=C\CCCCCCCCCC. The van der Waals surface area contributed by atoms with Crippen LogP contribution in [0.1, 0.15) is 367 Å². The minimum absolute atomic E-state index is 0.0937. The number of allylic oxidation sites excluding steroid dienone is 12. The van der Waals surface area contributed by atoms with E-state index in [0.717, 1.165) is 77.0 Å². The molecule has 0 aromatic carbocycles. The standard InChI is InChI=1S/C75H134O6/c1-4-7-10-13-16-19-22-24-26-28-29-30-31-32-33-34-35-36-37-38-39-40-41-42-43-44-45-47-48-50-53-56-59-62-65-68-74(77)80-71-72(70-79-73(76)67-64-61-58-55-52-21-18-15-12-9-6-3)81-75(78)69-66-63-60-57-54-51-49-46-27-25-23-20-17-14-11-8-5-2/h8,11,17,20,25,27-29,49,51,57,60,72H,4-7,9-10,12-16,18-19,21-24,26,30-48,50,52-56,58-59,61-71H2,1-3H3/b11-8-,20-17-,27-25-,29-28-,51-49-,60-57-. The Kier molecular flexibility index (Phi) is 66.6. The van der Waals surface area contributed by atoms with Crippen molar-refractivity contribution in [2.24, 2.45) is 0 Å². The Morgan fingerprint density at radius 2 is 0.494 bits per heavy atom. The van der Waals surface area contributed by atoms with Gasteiger partial charge in [-0.1, -0.05) is 338 Å². The molecule has 0 saturated carbocycles. The van der Waals surface area contributed by atoms with Crippen LogP contribution in [0.25, 0.3) is 0 Å². The van der Waals surface area contributed by atoms with E-state index in [0.29, 0.717) is 19.3 Å². The lowest BCUT2D eigenvalue weighted by Crippen LogP contribution is -2.30. The fourth-order valence-electron chi connectivity index (χ4n) is 10.4. The molecule has 0 N–H and O–H groups in total. The molecule has 0 heterocycles. The summed E-state index contributed by atoms with van der Waals surface area (Å²) in [5.74, 6) is -0.936. The van der Waals surface area contributed by atoms with Gasteiger partial charge in [-0.25, -0.2) is 0 Å². The molecule has 0 fully saturated rings. The molecule has 0 aliphatic carbocycles. The Balaban J connectivity index is 4.09. The zero-order valence-electron chi connectivity index (χ0n) is 54.1. The smallest absolute Gasteiger partial charge is 0.306 e. The summed E-state index contributed by atoms with van der Waals surface area (Å²) in [6, 6.07) is 0. The maximum atomic E-state index is 12.9. The van der Waals surface area contributed by atoms with Crippen molar-refractivity contribution in [1.82, 2.24) is 0 Å². The average Bonchev–Trinajstić information content (AvgIpc) is 3.47. The van der Waals surface area contributed by atoms with Crippen LogP contribution in [0.3, 0.4) is 0 Å². The maximum absolute atomic E-state index is 12.9. The molecule has 0 amide bonds. The Bertz CT molecular complexity index is 1490. The van der Waals surface area contributed by atoms with Gasteiger partial charge in [-0.3, -0.25) is 14.4 Å². The van der Waals surface area contributed by atoms with E-state index in [1.807, 2.05) is 0 Å². The first kappa shape index (κ1) is 77.9. The molecule has 0 spiro atoms. The van der Waals surface area contributed by atoms with E-state index in [2.05, 4.69) is 93.7 Å². The zero-order valence-corrected chi connectivity index (χ0v) is 54.1. The highest BCUT2D eigenvalue weighted by Gasteiger charge is 2.19. The first-order valence-corrected chi connectivity index (χ1v) is 35.4. The van der Waals surface area contributed by atoms with Gasteiger partial charge in [0.1, 0.15) is 13.2 Å². The van der Waals surface area contributed by atoms with Gasteiger partial charge in [-0.15, -0.1) is 0 Å². The van der Waals surface area contributed by atoms with Crippen LogP contribution in [-0.2, 0) is 28.6 Å². The van der Waals surface area contributed by atoms with Crippen LogP contribution in [0.5, 0.6) is 0 Å². The molecule has 0 aliphatic heterocycles. The van der Waals surface area contributed by atoms with E-state index < -0.39 is 6.10 Å². The molecule has 1 atom stereocenters. The molecule has 81 heavy (non-hydrogen) atoms. The van der Waals surface area contributed by atoms with E-state index in [4.69, 9.17) is 14.2 Å². The summed E-state index contributed by atoms with van der Waals surface area (Å²) in [6.07, 6.45) is 91.1. The lowest BCUT2D eigenvalue weighted by Gasteiger charge is -2.18. The van der Waals surface area contributed by atoms with Crippen LogP contribution in [-0.4, -0.2) is 37.2 Å². The number of carbonyl (C=O) groups excluding carboxylic acids is 3. The largest absolute Gasteiger partial charge is 0.462 e. The minimum Gasteiger partial charge on any atom is -0.462 e. The minimum atomic E-state index is -0.803. The predicted molar refractivity (Wildman–Crippen MR) is 353 cm³/mol. The van der Waals surface area contributed by atoms with Crippen LogP contribution < -0.4 is 0 Å². The Hall–Kier alpha value is -3.15. The third kappa shape index (κ3) is 67.5.